The number of likely N-dealkylation sites (tertiary alicyclic amines) is 1. The van der Waals surface area contributed by atoms with Gasteiger partial charge in [-0.15, -0.1) is 11.3 Å². The van der Waals surface area contributed by atoms with E-state index in [4.69, 9.17) is 4.98 Å². The van der Waals surface area contributed by atoms with Crippen LogP contribution in [-0.2, 0) is 19.5 Å². The molecule has 0 aliphatic carbocycles. The molecule has 1 fully saturated rings. The Hall–Kier alpha value is -0.450. The van der Waals surface area contributed by atoms with Crippen molar-refractivity contribution < 1.29 is 0 Å². The molecule has 4 heteroatoms. The number of nitrogens with one attached hydrogen (secondary N) is 1. The van der Waals surface area contributed by atoms with Crippen LogP contribution in [0.1, 0.15) is 62.0 Å². The van der Waals surface area contributed by atoms with Gasteiger partial charge >= 0.3 is 0 Å². The maximum absolute atomic E-state index is 4.87. The van der Waals surface area contributed by atoms with Crippen molar-refractivity contribution in [2.24, 2.45) is 0 Å². The summed E-state index contributed by atoms with van der Waals surface area (Å²) < 4.78 is 0. The molecule has 2 heterocycles. The van der Waals surface area contributed by atoms with Crippen LogP contribution in [-0.4, -0.2) is 29.0 Å². The molecule has 3 nitrogen and oxygen atoms in total. The van der Waals surface area contributed by atoms with Gasteiger partial charge in [-0.05, 0) is 32.4 Å². The summed E-state index contributed by atoms with van der Waals surface area (Å²) in [4.78, 5) is 8.89. The highest BCUT2D eigenvalue weighted by Gasteiger charge is 2.14. The standard InChI is InChI=1S/C16H29N3S/c1-4-14-15(11-17-13(2)3)20-16(18-14)12-19-9-7-5-6-8-10-19/h13,17H,4-12H2,1-3H3. The van der Waals surface area contributed by atoms with Crippen LogP contribution >= 0.6 is 11.3 Å². The summed E-state index contributed by atoms with van der Waals surface area (Å²) in [6.07, 6.45) is 6.56. The van der Waals surface area contributed by atoms with Gasteiger partial charge in [0, 0.05) is 17.5 Å². The lowest BCUT2D eigenvalue weighted by atomic mass is 10.2. The second-order valence-corrected chi connectivity index (χ2v) is 7.23. The molecular formula is C16H29N3S. The lowest BCUT2D eigenvalue weighted by molar-refractivity contribution is 0.276. The zero-order valence-corrected chi connectivity index (χ0v) is 14.1. The fourth-order valence-electron chi connectivity index (χ4n) is 2.70. The molecule has 0 amide bonds. The molecule has 1 aliphatic heterocycles. The molecule has 1 aromatic rings. The largest absolute Gasteiger partial charge is 0.310 e. The molecule has 114 valence electrons. The monoisotopic (exact) mass is 295 g/mol. The smallest absolute Gasteiger partial charge is 0.107 e. The van der Waals surface area contributed by atoms with Gasteiger partial charge < -0.3 is 5.32 Å². The van der Waals surface area contributed by atoms with Gasteiger partial charge in [0.1, 0.15) is 5.01 Å². The Labute approximate surface area is 127 Å². The molecule has 20 heavy (non-hydrogen) atoms. The van der Waals surface area contributed by atoms with Gasteiger partial charge in [0.05, 0.1) is 12.2 Å². The minimum Gasteiger partial charge on any atom is -0.310 e. The first-order valence-corrected chi connectivity index (χ1v) is 8.94. The molecule has 0 radical (unpaired) electrons. The lowest BCUT2D eigenvalue weighted by Crippen LogP contribution is -2.23. The molecule has 2 rings (SSSR count). The van der Waals surface area contributed by atoms with E-state index in [1.54, 1.807) is 0 Å². The van der Waals surface area contributed by atoms with Crippen LogP contribution in [0.4, 0.5) is 0 Å². The van der Waals surface area contributed by atoms with E-state index >= 15 is 0 Å². The molecule has 1 saturated heterocycles. The number of aryl methyl sites for hydroxylation is 1. The van der Waals surface area contributed by atoms with Gasteiger partial charge in [0.15, 0.2) is 0 Å². The van der Waals surface area contributed by atoms with E-state index in [-0.39, 0.29) is 0 Å². The van der Waals surface area contributed by atoms with Crippen molar-refractivity contribution in [2.45, 2.75) is 72.0 Å². The lowest BCUT2D eigenvalue weighted by Gasteiger charge is -2.17. The third-order valence-corrected chi connectivity index (χ3v) is 4.97. The quantitative estimate of drug-likeness (QED) is 0.869. The van der Waals surface area contributed by atoms with E-state index in [9.17, 15) is 0 Å². The molecule has 1 N–H and O–H groups in total. The van der Waals surface area contributed by atoms with Crippen LogP contribution < -0.4 is 5.32 Å². The van der Waals surface area contributed by atoms with Crippen molar-refractivity contribution in [2.75, 3.05) is 13.1 Å². The fourth-order valence-corrected chi connectivity index (χ4v) is 3.85. The molecule has 0 unspecified atom stereocenters. The van der Waals surface area contributed by atoms with E-state index in [1.807, 2.05) is 11.3 Å². The maximum Gasteiger partial charge on any atom is 0.107 e. The molecule has 0 saturated carbocycles. The number of rotatable bonds is 6. The Morgan fingerprint density at radius 3 is 2.50 bits per heavy atom. The van der Waals surface area contributed by atoms with Crippen molar-refractivity contribution in [3.8, 4) is 0 Å². The third-order valence-electron chi connectivity index (χ3n) is 3.89. The molecule has 1 aromatic heterocycles. The minimum absolute atomic E-state index is 0.538. The highest BCUT2D eigenvalue weighted by molar-refractivity contribution is 7.11. The van der Waals surface area contributed by atoms with Crippen molar-refractivity contribution in [3.63, 3.8) is 0 Å². The summed E-state index contributed by atoms with van der Waals surface area (Å²) in [5, 5.41) is 4.83. The highest BCUT2D eigenvalue weighted by atomic mass is 32.1. The van der Waals surface area contributed by atoms with Crippen LogP contribution in [0.2, 0.25) is 0 Å². The molecule has 0 bridgehead atoms. The first kappa shape index (κ1) is 15.9. The van der Waals surface area contributed by atoms with Gasteiger partial charge in [0.2, 0.25) is 0 Å². The first-order chi connectivity index (χ1) is 9.69. The second-order valence-electron chi connectivity index (χ2n) is 6.06. The molecular weight excluding hydrogens is 266 g/mol. The van der Waals surface area contributed by atoms with E-state index < -0.39 is 0 Å². The van der Waals surface area contributed by atoms with Gasteiger partial charge in [-0.2, -0.15) is 0 Å². The summed E-state index contributed by atoms with van der Waals surface area (Å²) in [7, 11) is 0. The average molecular weight is 295 g/mol. The van der Waals surface area contributed by atoms with Crippen molar-refractivity contribution >= 4 is 11.3 Å². The number of nitrogens with zero attached hydrogens (tertiary/aromatic N) is 2. The molecule has 1 aliphatic rings. The Balaban J connectivity index is 1.96. The molecule has 0 spiro atoms. The topological polar surface area (TPSA) is 28.2 Å². The molecule has 0 atom stereocenters. The Morgan fingerprint density at radius 1 is 1.20 bits per heavy atom. The summed E-state index contributed by atoms with van der Waals surface area (Å²) in [6.45, 7) is 11.1. The SMILES string of the molecule is CCc1nc(CN2CCCCCC2)sc1CNC(C)C. The number of hydrogen-bond donors (Lipinski definition) is 1. The first-order valence-electron chi connectivity index (χ1n) is 8.12. The Kier molecular flexibility index (Phi) is 6.46. The van der Waals surface area contributed by atoms with Crippen molar-refractivity contribution in [3.05, 3.63) is 15.6 Å². The van der Waals surface area contributed by atoms with Crippen LogP contribution in [0.25, 0.3) is 0 Å². The third kappa shape index (κ3) is 4.83. The maximum atomic E-state index is 4.87. The fraction of sp³-hybridized carbons (Fsp3) is 0.812. The van der Waals surface area contributed by atoms with Gasteiger partial charge in [0.25, 0.3) is 0 Å². The Bertz CT molecular complexity index is 392. The summed E-state index contributed by atoms with van der Waals surface area (Å²) in [5.74, 6) is 0. The number of aromatic nitrogens is 1. The summed E-state index contributed by atoms with van der Waals surface area (Å²) >= 11 is 1.91. The normalized spacial score (nSPS) is 17.6. The van der Waals surface area contributed by atoms with Gasteiger partial charge in [-0.25, -0.2) is 4.98 Å². The highest BCUT2D eigenvalue weighted by Crippen LogP contribution is 2.22. The number of hydrogen-bond acceptors (Lipinski definition) is 4. The minimum atomic E-state index is 0.538. The molecule has 0 aromatic carbocycles. The van der Waals surface area contributed by atoms with E-state index in [0.29, 0.717) is 6.04 Å². The van der Waals surface area contributed by atoms with Crippen molar-refractivity contribution in [1.29, 1.82) is 0 Å². The predicted octanol–water partition coefficient (Wildman–Crippen LogP) is 3.58. The zero-order valence-electron chi connectivity index (χ0n) is 13.2. The van der Waals surface area contributed by atoms with Crippen LogP contribution in [0.15, 0.2) is 0 Å². The van der Waals surface area contributed by atoms with E-state index in [2.05, 4.69) is 31.0 Å². The van der Waals surface area contributed by atoms with E-state index in [0.717, 1.165) is 19.5 Å². The van der Waals surface area contributed by atoms with Gasteiger partial charge in [-0.1, -0.05) is 33.6 Å². The second kappa shape index (κ2) is 8.11. The summed E-state index contributed by atoms with van der Waals surface area (Å²) in [5.41, 5.74) is 1.30. The van der Waals surface area contributed by atoms with E-state index in [1.165, 1.54) is 54.4 Å². The van der Waals surface area contributed by atoms with Gasteiger partial charge in [-0.3, -0.25) is 4.90 Å². The van der Waals surface area contributed by atoms with Crippen LogP contribution in [0.5, 0.6) is 0 Å². The summed E-state index contributed by atoms with van der Waals surface area (Å²) in [6, 6.07) is 0.538. The van der Waals surface area contributed by atoms with Crippen LogP contribution in [0, 0.1) is 0 Å². The average Bonchev–Trinajstić information content (AvgIpc) is 2.62. The van der Waals surface area contributed by atoms with Crippen LogP contribution in [0.3, 0.4) is 0 Å². The Morgan fingerprint density at radius 2 is 1.90 bits per heavy atom. The van der Waals surface area contributed by atoms with Crippen molar-refractivity contribution in [1.82, 2.24) is 15.2 Å². The predicted molar refractivity (Wildman–Crippen MR) is 87.2 cm³/mol. The number of thiazole rings is 1. The zero-order chi connectivity index (χ0) is 14.4.